The minimum atomic E-state index is -3.57. The van der Waals surface area contributed by atoms with Crippen LogP contribution in [0.2, 0.25) is 0 Å². The molecular formula is C17H18N2O5S. The Morgan fingerprint density at radius 1 is 1.12 bits per heavy atom. The summed E-state index contributed by atoms with van der Waals surface area (Å²) in [6, 6.07) is 9.84. The van der Waals surface area contributed by atoms with Crippen molar-refractivity contribution in [3.63, 3.8) is 0 Å². The highest BCUT2D eigenvalue weighted by Gasteiger charge is 2.25. The van der Waals surface area contributed by atoms with Gasteiger partial charge in [0.1, 0.15) is 6.04 Å². The number of nitrogens with one attached hydrogen (secondary N) is 1. The lowest BCUT2D eigenvalue weighted by atomic mass is 10.2. The van der Waals surface area contributed by atoms with E-state index in [9.17, 15) is 18.0 Å². The number of pyridine rings is 1. The second-order valence-electron chi connectivity index (χ2n) is 5.21. The first-order valence-electron chi connectivity index (χ1n) is 7.50. The van der Waals surface area contributed by atoms with E-state index < -0.39 is 27.8 Å². The van der Waals surface area contributed by atoms with Gasteiger partial charge in [0.25, 0.3) is 5.91 Å². The zero-order valence-electron chi connectivity index (χ0n) is 13.6. The van der Waals surface area contributed by atoms with E-state index >= 15 is 0 Å². The van der Waals surface area contributed by atoms with Crippen molar-refractivity contribution in [2.24, 2.45) is 0 Å². The van der Waals surface area contributed by atoms with Gasteiger partial charge in [-0.15, -0.1) is 0 Å². The number of benzene rings is 1. The van der Waals surface area contributed by atoms with Crippen molar-refractivity contribution in [3.05, 3.63) is 60.4 Å². The van der Waals surface area contributed by atoms with Crippen LogP contribution in [0.3, 0.4) is 0 Å². The summed E-state index contributed by atoms with van der Waals surface area (Å²) in [6.45, 7) is 0. The van der Waals surface area contributed by atoms with Gasteiger partial charge in [-0.1, -0.05) is 18.2 Å². The summed E-state index contributed by atoms with van der Waals surface area (Å²) in [7, 11) is -2.39. The fourth-order valence-corrected chi connectivity index (χ4v) is 3.51. The van der Waals surface area contributed by atoms with Crippen LogP contribution in [0.5, 0.6) is 0 Å². The molecule has 0 fully saturated rings. The molecule has 1 aromatic heterocycles. The number of carbonyl (C=O) groups excluding carboxylic acids is 2. The van der Waals surface area contributed by atoms with Gasteiger partial charge in [0.15, 0.2) is 9.84 Å². The topological polar surface area (TPSA) is 102 Å². The first-order valence-corrected chi connectivity index (χ1v) is 9.16. The number of aromatic nitrogens is 1. The van der Waals surface area contributed by atoms with Crippen molar-refractivity contribution in [2.75, 3.05) is 12.9 Å². The predicted molar refractivity (Wildman–Crippen MR) is 90.6 cm³/mol. The molecule has 8 heteroatoms. The highest BCUT2D eigenvalue weighted by Crippen LogP contribution is 2.13. The molecule has 1 aromatic carbocycles. The Balaban J connectivity index is 2.08. The highest BCUT2D eigenvalue weighted by molar-refractivity contribution is 7.91. The number of amides is 1. The number of nitrogens with zero attached hydrogens (tertiary/aromatic N) is 1. The smallest absolute Gasteiger partial charge is 0.328 e. The van der Waals surface area contributed by atoms with Crippen LogP contribution in [0, 0.1) is 0 Å². The Morgan fingerprint density at radius 3 is 2.36 bits per heavy atom. The minimum absolute atomic E-state index is 0.0965. The van der Waals surface area contributed by atoms with Gasteiger partial charge in [0.05, 0.1) is 17.8 Å². The average Bonchev–Trinajstić information content (AvgIpc) is 2.65. The summed E-state index contributed by atoms with van der Waals surface area (Å²) in [6.07, 6.45) is 2.80. The Bertz CT molecular complexity index is 823. The van der Waals surface area contributed by atoms with E-state index in [2.05, 4.69) is 15.0 Å². The van der Waals surface area contributed by atoms with Crippen LogP contribution < -0.4 is 5.32 Å². The molecule has 1 N–H and O–H groups in total. The molecule has 0 radical (unpaired) electrons. The second kappa shape index (κ2) is 8.39. The zero-order chi connectivity index (χ0) is 18.3. The maximum Gasteiger partial charge on any atom is 0.328 e. The standard InChI is InChI=1S/C17H18N2O5S/c1-24-17(21)15(19-16(20)13-7-10-18-11-8-13)9-12-25(22,23)14-5-3-2-4-6-14/h2-8,10-11,15H,9,12H2,1H3,(H,19,20)/t15-/m1/s1. The summed E-state index contributed by atoms with van der Waals surface area (Å²) in [5.74, 6) is -1.51. The van der Waals surface area contributed by atoms with Crippen LogP contribution in [0.25, 0.3) is 0 Å². The minimum Gasteiger partial charge on any atom is -0.467 e. The maximum atomic E-state index is 12.3. The fraction of sp³-hybridized carbons (Fsp3) is 0.235. The number of rotatable bonds is 7. The van der Waals surface area contributed by atoms with Crippen LogP contribution in [0.1, 0.15) is 16.8 Å². The SMILES string of the molecule is COC(=O)[C@@H](CCS(=O)(=O)c1ccccc1)NC(=O)c1ccncc1. The van der Waals surface area contributed by atoms with E-state index in [4.69, 9.17) is 0 Å². The monoisotopic (exact) mass is 362 g/mol. The molecule has 0 aliphatic rings. The lowest BCUT2D eigenvalue weighted by molar-refractivity contribution is -0.142. The summed E-state index contributed by atoms with van der Waals surface area (Å²) in [4.78, 5) is 28.0. The Kier molecular flexibility index (Phi) is 6.24. The lowest BCUT2D eigenvalue weighted by Crippen LogP contribution is -2.42. The molecule has 1 heterocycles. The summed E-state index contributed by atoms with van der Waals surface area (Å²) < 4.78 is 29.3. The molecule has 132 valence electrons. The molecule has 2 aromatic rings. The van der Waals surface area contributed by atoms with Gasteiger partial charge < -0.3 is 10.1 Å². The summed E-state index contributed by atoms with van der Waals surface area (Å²) in [5, 5.41) is 2.50. The quantitative estimate of drug-likeness (QED) is 0.743. The van der Waals surface area contributed by atoms with E-state index in [0.29, 0.717) is 5.56 Å². The molecule has 0 spiro atoms. The average molecular weight is 362 g/mol. The molecule has 0 saturated carbocycles. The van der Waals surface area contributed by atoms with Gasteiger partial charge in [-0.25, -0.2) is 13.2 Å². The number of methoxy groups -OCH3 is 1. The molecule has 1 atom stereocenters. The van der Waals surface area contributed by atoms with Crippen LogP contribution in [-0.2, 0) is 19.4 Å². The van der Waals surface area contributed by atoms with E-state index in [-0.39, 0.29) is 17.1 Å². The largest absolute Gasteiger partial charge is 0.467 e. The van der Waals surface area contributed by atoms with Crippen molar-refractivity contribution in [3.8, 4) is 0 Å². The third kappa shape index (κ3) is 5.12. The number of sulfone groups is 1. The van der Waals surface area contributed by atoms with Crippen LogP contribution in [-0.4, -0.2) is 44.2 Å². The van der Waals surface area contributed by atoms with Gasteiger partial charge in [-0.05, 0) is 30.7 Å². The molecule has 0 aliphatic carbocycles. The zero-order valence-corrected chi connectivity index (χ0v) is 14.4. The predicted octanol–water partition coefficient (Wildman–Crippen LogP) is 1.22. The Labute approximate surface area is 146 Å². The third-order valence-corrected chi connectivity index (χ3v) is 5.27. The number of ether oxygens (including phenoxy) is 1. The molecule has 0 bridgehead atoms. The number of carbonyl (C=O) groups is 2. The summed E-state index contributed by atoms with van der Waals surface area (Å²) >= 11 is 0. The van der Waals surface area contributed by atoms with Gasteiger partial charge >= 0.3 is 5.97 Å². The Hall–Kier alpha value is -2.74. The van der Waals surface area contributed by atoms with Crippen LogP contribution in [0.4, 0.5) is 0 Å². The van der Waals surface area contributed by atoms with E-state index in [1.54, 1.807) is 18.2 Å². The van der Waals surface area contributed by atoms with Crippen molar-refractivity contribution in [2.45, 2.75) is 17.4 Å². The van der Waals surface area contributed by atoms with Gasteiger partial charge in [0.2, 0.25) is 0 Å². The number of hydrogen-bond acceptors (Lipinski definition) is 6. The highest BCUT2D eigenvalue weighted by atomic mass is 32.2. The van der Waals surface area contributed by atoms with E-state index in [1.807, 2.05) is 0 Å². The van der Waals surface area contributed by atoms with Crippen molar-refractivity contribution in [1.82, 2.24) is 10.3 Å². The van der Waals surface area contributed by atoms with Crippen LogP contribution in [0.15, 0.2) is 59.8 Å². The fourth-order valence-electron chi connectivity index (χ4n) is 2.15. The normalized spacial score (nSPS) is 12.2. The molecule has 7 nitrogen and oxygen atoms in total. The molecule has 0 saturated heterocycles. The van der Waals surface area contributed by atoms with Gasteiger partial charge in [-0.2, -0.15) is 0 Å². The van der Waals surface area contributed by atoms with E-state index in [1.165, 1.54) is 43.8 Å². The molecule has 2 rings (SSSR count). The molecule has 0 unspecified atom stereocenters. The maximum absolute atomic E-state index is 12.3. The third-order valence-electron chi connectivity index (χ3n) is 3.51. The van der Waals surface area contributed by atoms with E-state index in [0.717, 1.165) is 0 Å². The number of hydrogen-bond donors (Lipinski definition) is 1. The first-order chi connectivity index (χ1) is 11.9. The van der Waals surface area contributed by atoms with Crippen LogP contribution >= 0.6 is 0 Å². The van der Waals surface area contributed by atoms with Gasteiger partial charge in [0, 0.05) is 18.0 Å². The summed E-state index contributed by atoms with van der Waals surface area (Å²) in [5.41, 5.74) is 0.315. The first kappa shape index (κ1) is 18.6. The van der Waals surface area contributed by atoms with Crippen molar-refractivity contribution < 1.29 is 22.7 Å². The number of esters is 1. The second-order valence-corrected chi connectivity index (χ2v) is 7.31. The molecule has 25 heavy (non-hydrogen) atoms. The molecule has 0 aliphatic heterocycles. The molecular weight excluding hydrogens is 344 g/mol. The van der Waals surface area contributed by atoms with Crippen molar-refractivity contribution >= 4 is 21.7 Å². The van der Waals surface area contributed by atoms with Gasteiger partial charge in [-0.3, -0.25) is 9.78 Å². The molecule has 1 amide bonds. The van der Waals surface area contributed by atoms with Crippen molar-refractivity contribution in [1.29, 1.82) is 0 Å². The lowest BCUT2D eigenvalue weighted by Gasteiger charge is -2.16. The Morgan fingerprint density at radius 2 is 1.76 bits per heavy atom.